The molecular formula is C23H36BNO7S. The highest BCUT2D eigenvalue weighted by atomic mass is 32.2. The van der Waals surface area contributed by atoms with E-state index in [1.807, 2.05) is 27.7 Å². The van der Waals surface area contributed by atoms with Gasteiger partial charge in [-0.05, 0) is 58.2 Å². The van der Waals surface area contributed by atoms with Crippen molar-refractivity contribution in [3.63, 3.8) is 0 Å². The molecule has 0 spiro atoms. The molecule has 1 aliphatic heterocycles. The maximum absolute atomic E-state index is 13.0. The summed E-state index contributed by atoms with van der Waals surface area (Å²) in [6.45, 7) is 15.9. The van der Waals surface area contributed by atoms with Crippen LogP contribution >= 0.6 is 0 Å². The van der Waals surface area contributed by atoms with Gasteiger partial charge in [-0.1, -0.05) is 20.8 Å². The molecular weight excluding hydrogens is 445 g/mol. The summed E-state index contributed by atoms with van der Waals surface area (Å²) in [5.74, 6) is -1.07. The van der Waals surface area contributed by atoms with Crippen LogP contribution < -0.4 is 0 Å². The van der Waals surface area contributed by atoms with E-state index in [9.17, 15) is 18.5 Å². The maximum atomic E-state index is 13.0. The van der Waals surface area contributed by atoms with Crippen molar-refractivity contribution in [3.05, 3.63) is 38.4 Å². The van der Waals surface area contributed by atoms with E-state index in [-0.39, 0.29) is 12.3 Å². The van der Waals surface area contributed by atoms with Gasteiger partial charge >= 0.3 is 0 Å². The Morgan fingerprint density at radius 2 is 1.70 bits per heavy atom. The molecule has 2 unspecified atom stereocenters. The summed E-state index contributed by atoms with van der Waals surface area (Å²) in [6, 6.07) is 1.49. The number of benzene rings is 1. The van der Waals surface area contributed by atoms with Crippen molar-refractivity contribution in [1.82, 2.24) is 0 Å². The lowest BCUT2D eigenvalue weighted by Gasteiger charge is -2.46. The van der Waals surface area contributed by atoms with Crippen molar-refractivity contribution < 1.29 is 27.0 Å². The van der Waals surface area contributed by atoms with Gasteiger partial charge in [0.1, 0.15) is 19.0 Å². The van der Waals surface area contributed by atoms with Gasteiger partial charge in [-0.25, -0.2) is 0 Å². The molecule has 1 saturated heterocycles. The first-order valence-electron chi connectivity index (χ1n) is 10.9. The largest absolute Gasteiger partial charge is 0.375 e. The van der Waals surface area contributed by atoms with E-state index in [1.165, 1.54) is 13.2 Å². The van der Waals surface area contributed by atoms with E-state index in [1.54, 1.807) is 34.6 Å². The average Bonchev–Trinajstić information content (AvgIpc) is 2.78. The van der Waals surface area contributed by atoms with Crippen molar-refractivity contribution in [2.45, 2.75) is 84.9 Å². The number of nitrogens with zero attached hydrogens (tertiary/aromatic N) is 1. The molecule has 1 heterocycles. The Morgan fingerprint density at radius 3 is 2.18 bits per heavy atom. The van der Waals surface area contributed by atoms with E-state index in [0.29, 0.717) is 11.1 Å². The summed E-state index contributed by atoms with van der Waals surface area (Å²) in [5.41, 5.74) is -1.16. The Morgan fingerprint density at radius 1 is 1.15 bits per heavy atom. The van der Waals surface area contributed by atoms with Gasteiger partial charge in [0, 0.05) is 35.6 Å². The summed E-state index contributed by atoms with van der Waals surface area (Å²) in [5, 5.41) is 11.7. The number of hydrogen-bond donors (Lipinski definition) is 0. The summed E-state index contributed by atoms with van der Waals surface area (Å²) < 4.78 is 43.3. The van der Waals surface area contributed by atoms with Gasteiger partial charge in [0.2, 0.25) is 0 Å². The number of rotatable bonds is 8. The van der Waals surface area contributed by atoms with Crippen LogP contribution in [0.5, 0.6) is 0 Å². The van der Waals surface area contributed by atoms with Gasteiger partial charge < -0.3 is 9.47 Å². The molecule has 10 heteroatoms. The fourth-order valence-corrected chi connectivity index (χ4v) is 6.24. The molecule has 0 N–H and O–H groups in total. The number of aryl methyl sites for hydroxylation is 1. The Labute approximate surface area is 199 Å². The lowest BCUT2D eigenvalue weighted by Crippen LogP contribution is -2.58. The third kappa shape index (κ3) is 4.47. The molecule has 1 aromatic carbocycles. The maximum Gasteiger partial charge on any atom is 0.273 e. The third-order valence-corrected chi connectivity index (χ3v) is 9.52. The first-order chi connectivity index (χ1) is 14.8. The minimum atomic E-state index is -4.07. The van der Waals surface area contributed by atoms with Crippen LogP contribution in [0.3, 0.4) is 0 Å². The molecule has 0 amide bonds. The van der Waals surface area contributed by atoms with Crippen molar-refractivity contribution in [3.8, 4) is 0 Å². The van der Waals surface area contributed by atoms with Crippen LogP contribution in [0.15, 0.2) is 6.07 Å². The van der Waals surface area contributed by atoms with Crippen molar-refractivity contribution in [1.29, 1.82) is 0 Å². The van der Waals surface area contributed by atoms with Gasteiger partial charge in [-0.15, -0.1) is 0 Å². The Balaban J connectivity index is 2.32. The second-order valence-electron chi connectivity index (χ2n) is 10.3. The molecule has 2 radical (unpaired) electrons. The third-order valence-electron chi connectivity index (χ3n) is 8.13. The summed E-state index contributed by atoms with van der Waals surface area (Å²) >= 11 is 0. The van der Waals surface area contributed by atoms with Crippen LogP contribution in [0, 0.1) is 36.3 Å². The number of methoxy groups -OCH3 is 1. The fourth-order valence-electron chi connectivity index (χ4n) is 4.96. The van der Waals surface area contributed by atoms with Gasteiger partial charge in [-0.3, -0.25) is 14.3 Å². The highest BCUT2D eigenvalue weighted by Crippen LogP contribution is 2.58. The van der Waals surface area contributed by atoms with Gasteiger partial charge in [0.05, 0.1) is 17.3 Å². The fraction of sp³-hybridized carbons (Fsp3) is 0.739. The minimum absolute atomic E-state index is 0.0861. The Hall–Kier alpha value is -1.49. The Bertz CT molecular complexity index is 1050. The first kappa shape index (κ1) is 27.8. The van der Waals surface area contributed by atoms with Gasteiger partial charge in [-0.2, -0.15) is 8.42 Å². The lowest BCUT2D eigenvalue weighted by atomic mass is 9.57. The molecule has 0 saturated carbocycles. The van der Waals surface area contributed by atoms with Crippen LogP contribution in [0.1, 0.15) is 69.7 Å². The zero-order chi connectivity index (χ0) is 25.8. The number of hydrogen-bond acceptors (Lipinski definition) is 7. The number of nitro benzene ring substituents is 1. The molecule has 0 bridgehead atoms. The molecule has 1 fully saturated rings. The molecule has 2 rings (SSSR count). The number of ether oxygens (including phenoxy) is 2. The average molecular weight is 481 g/mol. The van der Waals surface area contributed by atoms with E-state index >= 15 is 0 Å². The van der Waals surface area contributed by atoms with Crippen molar-refractivity contribution in [2.75, 3.05) is 19.5 Å². The van der Waals surface area contributed by atoms with Crippen molar-refractivity contribution >= 4 is 23.7 Å². The van der Waals surface area contributed by atoms with Gasteiger partial charge in [0.25, 0.3) is 15.8 Å². The predicted octanol–water partition coefficient (Wildman–Crippen LogP) is 4.07. The second-order valence-corrected chi connectivity index (χ2v) is 12.0. The highest BCUT2D eigenvalue weighted by molar-refractivity contribution is 7.86. The van der Waals surface area contributed by atoms with Crippen LogP contribution in [-0.2, 0) is 23.8 Å². The molecule has 1 aromatic rings. The normalized spacial score (nSPS) is 30.4. The summed E-state index contributed by atoms with van der Waals surface area (Å²) in [7, 11) is 3.86. The second kappa shape index (κ2) is 8.63. The zero-order valence-electron chi connectivity index (χ0n) is 21.4. The van der Waals surface area contributed by atoms with E-state index in [2.05, 4.69) is 0 Å². The van der Waals surface area contributed by atoms with Crippen molar-refractivity contribution in [2.24, 2.45) is 5.41 Å². The van der Waals surface area contributed by atoms with Crippen LogP contribution in [0.2, 0.25) is 0 Å². The van der Waals surface area contributed by atoms with Gasteiger partial charge in [0.15, 0.2) is 0 Å². The number of nitro groups is 1. The molecule has 184 valence electrons. The smallest absolute Gasteiger partial charge is 0.273 e. The molecule has 1 aliphatic rings. The topological polar surface area (TPSA) is 105 Å². The lowest BCUT2D eigenvalue weighted by molar-refractivity contribution is -0.385. The molecule has 0 aromatic heterocycles. The van der Waals surface area contributed by atoms with E-state index in [0.717, 1.165) is 11.1 Å². The van der Waals surface area contributed by atoms with Crippen LogP contribution in [0.4, 0.5) is 5.69 Å². The minimum Gasteiger partial charge on any atom is -0.375 e. The SMILES string of the molecule is [B][C@]1(C)O[C@](C)(COS(=O)(=O)CC(C)c2c([N+](=O)[O-])cc(C)c(C)c2C)C(C)(OC)C1(C)C. The monoisotopic (exact) mass is 481 g/mol. The predicted molar refractivity (Wildman–Crippen MR) is 128 cm³/mol. The molecule has 4 atom stereocenters. The standard InChI is InChI=1S/C23H36BNO7S/c1-14-11-18(25(26)27)19(17(4)16(14)3)15(2)12-33(28,29)31-13-21(7)22(8,30-10)20(5,6)23(9,24)32-21/h11,15H,12-13H2,1-10H3/t15?,21-,22?,23-/m1/s1. The molecule has 0 aliphatic carbocycles. The quantitative estimate of drug-likeness (QED) is 0.239. The molecule has 33 heavy (non-hydrogen) atoms. The van der Waals surface area contributed by atoms with Crippen LogP contribution in [-0.4, -0.2) is 57.4 Å². The van der Waals surface area contributed by atoms with Crippen LogP contribution in [0.25, 0.3) is 0 Å². The molecule has 8 nitrogen and oxygen atoms in total. The Kier molecular flexibility index (Phi) is 7.26. The summed E-state index contributed by atoms with van der Waals surface area (Å²) in [6.07, 6.45) is 0. The zero-order valence-corrected chi connectivity index (χ0v) is 22.2. The van der Waals surface area contributed by atoms with E-state index < -0.39 is 48.8 Å². The highest BCUT2D eigenvalue weighted by Gasteiger charge is 2.69. The van der Waals surface area contributed by atoms with E-state index in [4.69, 9.17) is 21.5 Å². The summed E-state index contributed by atoms with van der Waals surface area (Å²) in [4.78, 5) is 11.2. The first-order valence-corrected chi connectivity index (χ1v) is 12.5.